The lowest BCUT2D eigenvalue weighted by atomic mass is 9.94. The van der Waals surface area contributed by atoms with Crippen molar-refractivity contribution in [2.75, 3.05) is 0 Å². The summed E-state index contributed by atoms with van der Waals surface area (Å²) in [5, 5.41) is 0. The Labute approximate surface area is 101 Å². The minimum atomic E-state index is 0. The summed E-state index contributed by atoms with van der Waals surface area (Å²) in [7, 11) is 0. The number of ether oxygens (including phenoxy) is 1. The van der Waals surface area contributed by atoms with E-state index in [4.69, 9.17) is 4.74 Å². The van der Waals surface area contributed by atoms with Crippen molar-refractivity contribution in [1.82, 2.24) is 0 Å². The van der Waals surface area contributed by atoms with Gasteiger partial charge in [-0.3, -0.25) is 0 Å². The lowest BCUT2D eigenvalue weighted by molar-refractivity contribution is 0.459. The van der Waals surface area contributed by atoms with E-state index in [1.165, 1.54) is 22.3 Å². The van der Waals surface area contributed by atoms with Gasteiger partial charge in [-0.2, -0.15) is 0 Å². The van der Waals surface area contributed by atoms with Gasteiger partial charge in [-0.25, -0.2) is 0 Å². The molecule has 0 spiro atoms. The summed E-state index contributed by atoms with van der Waals surface area (Å²) < 4.78 is 5.91. The normalized spacial score (nSPS) is 11.9. The van der Waals surface area contributed by atoms with Gasteiger partial charge in [0.1, 0.15) is 11.5 Å². The molecule has 2 aromatic carbocycles. The van der Waals surface area contributed by atoms with Crippen LogP contribution in [-0.2, 0) is 6.42 Å². The van der Waals surface area contributed by atoms with Crippen LogP contribution < -0.4 is 4.74 Å². The Morgan fingerprint density at radius 1 is 0.941 bits per heavy atom. The molecule has 1 heterocycles. The van der Waals surface area contributed by atoms with Crippen LogP contribution in [0.3, 0.4) is 0 Å². The van der Waals surface area contributed by atoms with Crippen molar-refractivity contribution >= 4 is 0 Å². The van der Waals surface area contributed by atoms with Crippen LogP contribution in [0.15, 0.2) is 36.4 Å². The van der Waals surface area contributed by atoms with Crippen LogP contribution >= 0.6 is 0 Å². The molecule has 2 heteroatoms. The smallest absolute Gasteiger partial charge is 0.131 e. The number of benzene rings is 2. The number of hydrogen-bond donors (Lipinski definition) is 0. The number of fused-ring (bicyclic) bond motifs is 2. The Morgan fingerprint density at radius 3 is 2.53 bits per heavy atom. The average Bonchev–Trinajstić information content (AvgIpc) is 2.32. The van der Waals surface area contributed by atoms with E-state index in [1.54, 1.807) is 0 Å². The van der Waals surface area contributed by atoms with Crippen molar-refractivity contribution in [3.05, 3.63) is 58.7 Å². The second-order valence-corrected chi connectivity index (χ2v) is 4.37. The highest BCUT2D eigenvalue weighted by atomic mass is 16.5. The predicted octanol–water partition coefficient (Wildman–Crippen LogP) is 3.18. The molecule has 0 saturated carbocycles. The minimum absolute atomic E-state index is 0. The standard InChI is InChI=1S/C15H14O.H2O/c1-10-7-8-15-13(11(10)2)9-12-5-3-4-6-14(12)16-15;/h3-8H,9H2,1-2H3;1H2. The Bertz CT molecular complexity index is 559. The van der Waals surface area contributed by atoms with Gasteiger partial charge >= 0.3 is 0 Å². The quantitative estimate of drug-likeness (QED) is 0.582. The molecule has 1 aliphatic rings. The second kappa shape index (κ2) is 4.22. The molecule has 0 unspecified atom stereocenters. The summed E-state index contributed by atoms with van der Waals surface area (Å²) in [5.74, 6) is 2.01. The highest BCUT2D eigenvalue weighted by Crippen LogP contribution is 2.38. The van der Waals surface area contributed by atoms with Crippen LogP contribution in [0.5, 0.6) is 11.5 Å². The Balaban J connectivity index is 0.00000108. The summed E-state index contributed by atoms with van der Waals surface area (Å²) in [6.45, 7) is 4.32. The van der Waals surface area contributed by atoms with Crippen LogP contribution in [0.4, 0.5) is 0 Å². The third kappa shape index (κ3) is 1.81. The van der Waals surface area contributed by atoms with Gasteiger partial charge in [0.15, 0.2) is 0 Å². The molecule has 0 fully saturated rings. The van der Waals surface area contributed by atoms with Gasteiger partial charge in [0.05, 0.1) is 0 Å². The van der Waals surface area contributed by atoms with Gasteiger partial charge in [0.2, 0.25) is 0 Å². The maximum Gasteiger partial charge on any atom is 0.131 e. The predicted molar refractivity (Wildman–Crippen MR) is 68.9 cm³/mol. The molecule has 0 saturated heterocycles. The average molecular weight is 228 g/mol. The van der Waals surface area contributed by atoms with E-state index in [9.17, 15) is 0 Å². The van der Waals surface area contributed by atoms with Crippen LogP contribution in [0, 0.1) is 13.8 Å². The number of hydrogen-bond acceptors (Lipinski definition) is 1. The first kappa shape index (κ1) is 11.7. The van der Waals surface area contributed by atoms with Crippen molar-refractivity contribution < 1.29 is 10.2 Å². The van der Waals surface area contributed by atoms with Gasteiger partial charge in [0.25, 0.3) is 0 Å². The molecule has 0 atom stereocenters. The third-order valence-electron chi connectivity index (χ3n) is 3.39. The first-order valence-corrected chi connectivity index (χ1v) is 5.60. The maximum atomic E-state index is 5.91. The Hall–Kier alpha value is -1.80. The summed E-state index contributed by atoms with van der Waals surface area (Å²) in [6.07, 6.45) is 0.985. The van der Waals surface area contributed by atoms with Crippen molar-refractivity contribution in [2.45, 2.75) is 20.3 Å². The first-order chi connectivity index (χ1) is 7.75. The lowest BCUT2D eigenvalue weighted by Gasteiger charge is -2.22. The highest BCUT2D eigenvalue weighted by Gasteiger charge is 2.18. The topological polar surface area (TPSA) is 40.7 Å². The van der Waals surface area contributed by atoms with Crippen LogP contribution in [0.2, 0.25) is 0 Å². The molecule has 2 nitrogen and oxygen atoms in total. The number of rotatable bonds is 0. The molecule has 2 N–H and O–H groups in total. The van der Waals surface area contributed by atoms with Crippen LogP contribution in [0.1, 0.15) is 22.3 Å². The van der Waals surface area contributed by atoms with Gasteiger partial charge < -0.3 is 10.2 Å². The van der Waals surface area contributed by atoms with E-state index >= 15 is 0 Å². The molecule has 0 aliphatic carbocycles. The first-order valence-electron chi connectivity index (χ1n) is 5.60. The minimum Gasteiger partial charge on any atom is -0.457 e. The SMILES string of the molecule is Cc1ccc2c(c1C)Cc1ccccc1O2.O. The van der Waals surface area contributed by atoms with E-state index in [2.05, 4.69) is 38.1 Å². The van der Waals surface area contributed by atoms with Crippen LogP contribution in [0.25, 0.3) is 0 Å². The van der Waals surface area contributed by atoms with Crippen molar-refractivity contribution in [3.63, 3.8) is 0 Å². The molecule has 0 amide bonds. The van der Waals surface area contributed by atoms with Crippen LogP contribution in [-0.4, -0.2) is 5.48 Å². The fourth-order valence-corrected chi connectivity index (χ4v) is 2.22. The molecular formula is C15H16O2. The highest BCUT2D eigenvalue weighted by molar-refractivity contribution is 5.53. The lowest BCUT2D eigenvalue weighted by Crippen LogP contribution is -2.05. The molecule has 2 aromatic rings. The fraction of sp³-hybridized carbons (Fsp3) is 0.200. The second-order valence-electron chi connectivity index (χ2n) is 4.37. The molecule has 17 heavy (non-hydrogen) atoms. The molecule has 0 radical (unpaired) electrons. The molecule has 0 aromatic heterocycles. The summed E-state index contributed by atoms with van der Waals surface area (Å²) >= 11 is 0. The van der Waals surface area contributed by atoms with E-state index in [0.29, 0.717) is 0 Å². The third-order valence-corrected chi connectivity index (χ3v) is 3.39. The van der Waals surface area contributed by atoms with Crippen molar-refractivity contribution in [3.8, 4) is 11.5 Å². The van der Waals surface area contributed by atoms with E-state index in [-0.39, 0.29) is 5.48 Å². The molecule has 1 aliphatic heterocycles. The zero-order valence-corrected chi connectivity index (χ0v) is 10.1. The van der Waals surface area contributed by atoms with Crippen molar-refractivity contribution in [1.29, 1.82) is 0 Å². The van der Waals surface area contributed by atoms with Gasteiger partial charge in [-0.05, 0) is 42.7 Å². The summed E-state index contributed by atoms with van der Waals surface area (Å²) in [6, 6.07) is 12.5. The number of para-hydroxylation sites is 1. The van der Waals surface area contributed by atoms with E-state index in [0.717, 1.165) is 17.9 Å². The Kier molecular flexibility index (Phi) is 2.90. The molecular weight excluding hydrogens is 212 g/mol. The molecule has 0 bridgehead atoms. The van der Waals surface area contributed by atoms with Gasteiger partial charge in [0, 0.05) is 12.0 Å². The number of aryl methyl sites for hydroxylation is 1. The zero-order chi connectivity index (χ0) is 11.1. The zero-order valence-electron chi connectivity index (χ0n) is 10.1. The summed E-state index contributed by atoms with van der Waals surface area (Å²) in [4.78, 5) is 0. The van der Waals surface area contributed by atoms with E-state index in [1.807, 2.05) is 12.1 Å². The maximum absolute atomic E-state index is 5.91. The Morgan fingerprint density at radius 2 is 1.71 bits per heavy atom. The van der Waals surface area contributed by atoms with Gasteiger partial charge in [-0.15, -0.1) is 0 Å². The molecule has 88 valence electrons. The van der Waals surface area contributed by atoms with Gasteiger partial charge in [-0.1, -0.05) is 24.3 Å². The van der Waals surface area contributed by atoms with Crippen molar-refractivity contribution in [2.24, 2.45) is 0 Å². The van der Waals surface area contributed by atoms with E-state index < -0.39 is 0 Å². The fourth-order valence-electron chi connectivity index (χ4n) is 2.22. The molecule has 3 rings (SSSR count). The monoisotopic (exact) mass is 228 g/mol. The largest absolute Gasteiger partial charge is 0.457 e. The summed E-state index contributed by atoms with van der Waals surface area (Å²) in [5.41, 5.74) is 5.30.